The first-order chi connectivity index (χ1) is 10.4. The number of nitrogens with one attached hydrogen (secondary N) is 1. The van der Waals surface area contributed by atoms with Gasteiger partial charge in [-0.2, -0.15) is 0 Å². The van der Waals surface area contributed by atoms with Crippen molar-refractivity contribution in [2.75, 3.05) is 40.3 Å². The normalized spacial score (nSPS) is 10.6. The van der Waals surface area contributed by atoms with Crippen molar-refractivity contribution < 1.29 is 14.0 Å². The predicted molar refractivity (Wildman–Crippen MR) is 84.2 cm³/mol. The van der Waals surface area contributed by atoms with E-state index >= 15 is 0 Å². The van der Waals surface area contributed by atoms with Crippen LogP contribution in [0.2, 0.25) is 0 Å². The van der Waals surface area contributed by atoms with Gasteiger partial charge in [-0.25, -0.2) is 4.39 Å². The van der Waals surface area contributed by atoms with Gasteiger partial charge in [0.2, 0.25) is 5.91 Å². The number of carbonyl (C=O) groups excluding carboxylic acids is 2. The van der Waals surface area contributed by atoms with Gasteiger partial charge in [0.15, 0.2) is 0 Å². The maximum atomic E-state index is 12.8. The summed E-state index contributed by atoms with van der Waals surface area (Å²) in [7, 11) is 3.97. The van der Waals surface area contributed by atoms with E-state index in [4.69, 9.17) is 0 Å². The molecule has 0 unspecified atom stereocenters. The molecule has 0 aromatic heterocycles. The van der Waals surface area contributed by atoms with Crippen molar-refractivity contribution in [1.29, 1.82) is 0 Å². The van der Waals surface area contributed by atoms with Crippen LogP contribution >= 0.6 is 0 Å². The molecule has 0 fully saturated rings. The predicted octanol–water partition coefficient (Wildman–Crippen LogP) is 1.36. The highest BCUT2D eigenvalue weighted by atomic mass is 19.1. The van der Waals surface area contributed by atoms with Crippen LogP contribution < -0.4 is 5.32 Å². The molecule has 0 aliphatic carbocycles. The maximum Gasteiger partial charge on any atom is 0.251 e. The fourth-order valence-electron chi connectivity index (χ4n) is 2.01. The van der Waals surface area contributed by atoms with Crippen molar-refractivity contribution >= 4 is 11.8 Å². The van der Waals surface area contributed by atoms with Crippen LogP contribution in [0.5, 0.6) is 0 Å². The number of halogens is 1. The second-order valence-electron chi connectivity index (χ2n) is 5.43. The Labute approximate surface area is 131 Å². The van der Waals surface area contributed by atoms with Gasteiger partial charge in [0.25, 0.3) is 5.91 Å². The summed E-state index contributed by atoms with van der Waals surface area (Å²) in [6.45, 7) is 3.94. The number of hydrogen-bond acceptors (Lipinski definition) is 3. The summed E-state index contributed by atoms with van der Waals surface area (Å²) >= 11 is 0. The van der Waals surface area contributed by atoms with Gasteiger partial charge in [0.05, 0.1) is 0 Å². The monoisotopic (exact) mass is 309 g/mol. The standard InChI is InChI=1S/C16H24FN3O2/c1-13(21)20(11-4-10-19(2)3)12-9-18-16(22)14-5-7-15(17)8-6-14/h5-8H,4,9-12H2,1-3H3,(H,18,22). The Morgan fingerprint density at radius 1 is 1.09 bits per heavy atom. The number of hydrogen-bond donors (Lipinski definition) is 1. The van der Waals surface area contributed by atoms with E-state index in [1.165, 1.54) is 31.2 Å². The van der Waals surface area contributed by atoms with Crippen LogP contribution in [0.15, 0.2) is 24.3 Å². The molecule has 1 aromatic rings. The quantitative estimate of drug-likeness (QED) is 0.789. The SMILES string of the molecule is CC(=O)N(CCCN(C)C)CCNC(=O)c1ccc(F)cc1. The lowest BCUT2D eigenvalue weighted by atomic mass is 10.2. The molecular formula is C16H24FN3O2. The molecule has 5 nitrogen and oxygen atoms in total. The van der Waals surface area contributed by atoms with Crippen molar-refractivity contribution in [3.63, 3.8) is 0 Å². The largest absolute Gasteiger partial charge is 0.350 e. The topological polar surface area (TPSA) is 52.7 Å². The molecule has 22 heavy (non-hydrogen) atoms. The minimum absolute atomic E-state index is 0.00483. The van der Waals surface area contributed by atoms with Crippen LogP contribution in [0.25, 0.3) is 0 Å². The van der Waals surface area contributed by atoms with Crippen molar-refractivity contribution in [3.05, 3.63) is 35.6 Å². The summed E-state index contributed by atoms with van der Waals surface area (Å²) in [6, 6.07) is 5.37. The summed E-state index contributed by atoms with van der Waals surface area (Å²) in [5.41, 5.74) is 0.406. The van der Waals surface area contributed by atoms with Gasteiger partial charge in [-0.3, -0.25) is 9.59 Å². The minimum Gasteiger partial charge on any atom is -0.350 e. The number of amides is 2. The first-order valence-electron chi connectivity index (χ1n) is 7.34. The molecule has 2 amide bonds. The van der Waals surface area contributed by atoms with Crippen LogP contribution in [0.4, 0.5) is 4.39 Å². The lowest BCUT2D eigenvalue weighted by Gasteiger charge is -2.22. The Balaban J connectivity index is 2.37. The Morgan fingerprint density at radius 2 is 1.73 bits per heavy atom. The van der Waals surface area contributed by atoms with Gasteiger partial charge in [-0.05, 0) is 51.3 Å². The first kappa shape index (κ1) is 18.1. The van der Waals surface area contributed by atoms with Crippen LogP contribution in [0.3, 0.4) is 0 Å². The zero-order valence-electron chi connectivity index (χ0n) is 13.4. The van der Waals surface area contributed by atoms with Crippen LogP contribution in [-0.2, 0) is 4.79 Å². The smallest absolute Gasteiger partial charge is 0.251 e. The molecule has 0 aliphatic heterocycles. The Kier molecular flexibility index (Phi) is 7.52. The third kappa shape index (κ3) is 6.67. The van der Waals surface area contributed by atoms with Crippen molar-refractivity contribution in [1.82, 2.24) is 15.1 Å². The average molecular weight is 309 g/mol. The zero-order chi connectivity index (χ0) is 16.5. The average Bonchev–Trinajstić information content (AvgIpc) is 2.45. The third-order valence-corrected chi connectivity index (χ3v) is 3.25. The van der Waals surface area contributed by atoms with Crippen molar-refractivity contribution in [3.8, 4) is 0 Å². The zero-order valence-corrected chi connectivity index (χ0v) is 13.4. The molecule has 6 heteroatoms. The fraction of sp³-hybridized carbons (Fsp3) is 0.500. The van der Waals surface area contributed by atoms with E-state index in [0.717, 1.165) is 13.0 Å². The number of benzene rings is 1. The Morgan fingerprint density at radius 3 is 2.27 bits per heavy atom. The molecule has 0 atom stereocenters. The summed E-state index contributed by atoms with van der Waals surface area (Å²) in [5.74, 6) is -0.647. The highest BCUT2D eigenvalue weighted by Gasteiger charge is 2.10. The molecule has 1 N–H and O–H groups in total. The molecule has 0 aliphatic rings. The van der Waals surface area contributed by atoms with E-state index in [0.29, 0.717) is 25.2 Å². The summed E-state index contributed by atoms with van der Waals surface area (Å²) in [6.07, 6.45) is 0.887. The molecule has 1 aromatic carbocycles. The Bertz CT molecular complexity index is 489. The summed E-state index contributed by atoms with van der Waals surface area (Å²) in [4.78, 5) is 27.2. The molecule has 0 bridgehead atoms. The number of nitrogens with zero attached hydrogens (tertiary/aromatic N) is 2. The highest BCUT2D eigenvalue weighted by Crippen LogP contribution is 2.02. The van der Waals surface area contributed by atoms with Gasteiger partial charge in [0.1, 0.15) is 5.82 Å². The van der Waals surface area contributed by atoms with Gasteiger partial charge in [-0.1, -0.05) is 0 Å². The molecular weight excluding hydrogens is 285 g/mol. The third-order valence-electron chi connectivity index (χ3n) is 3.25. The molecule has 0 saturated heterocycles. The lowest BCUT2D eigenvalue weighted by Crippen LogP contribution is -2.38. The van der Waals surface area contributed by atoms with Gasteiger partial charge in [0, 0.05) is 32.1 Å². The molecule has 0 radical (unpaired) electrons. The van der Waals surface area contributed by atoms with Crippen molar-refractivity contribution in [2.45, 2.75) is 13.3 Å². The van der Waals surface area contributed by atoms with Gasteiger partial charge >= 0.3 is 0 Å². The molecule has 0 spiro atoms. The Hall–Kier alpha value is -1.95. The van der Waals surface area contributed by atoms with Crippen LogP contribution in [0.1, 0.15) is 23.7 Å². The van der Waals surface area contributed by atoms with Crippen molar-refractivity contribution in [2.24, 2.45) is 0 Å². The second-order valence-corrected chi connectivity index (χ2v) is 5.43. The highest BCUT2D eigenvalue weighted by molar-refractivity contribution is 5.94. The number of carbonyl (C=O) groups is 2. The first-order valence-corrected chi connectivity index (χ1v) is 7.34. The van der Waals surface area contributed by atoms with E-state index in [2.05, 4.69) is 10.2 Å². The summed E-state index contributed by atoms with van der Waals surface area (Å²) in [5, 5.41) is 2.74. The molecule has 0 saturated carbocycles. The number of rotatable bonds is 8. The maximum absolute atomic E-state index is 12.8. The van der Waals surface area contributed by atoms with Crippen LogP contribution in [0, 0.1) is 5.82 Å². The summed E-state index contributed by atoms with van der Waals surface area (Å²) < 4.78 is 12.8. The van der Waals surface area contributed by atoms with E-state index < -0.39 is 0 Å². The van der Waals surface area contributed by atoms with Gasteiger partial charge in [-0.15, -0.1) is 0 Å². The van der Waals surface area contributed by atoms with E-state index in [-0.39, 0.29) is 17.6 Å². The molecule has 0 heterocycles. The van der Waals surface area contributed by atoms with Gasteiger partial charge < -0.3 is 15.1 Å². The van der Waals surface area contributed by atoms with E-state index in [1.54, 1.807) is 4.90 Å². The fourth-order valence-corrected chi connectivity index (χ4v) is 2.01. The van der Waals surface area contributed by atoms with E-state index in [1.807, 2.05) is 14.1 Å². The molecule has 122 valence electrons. The second kappa shape index (κ2) is 9.15. The van der Waals surface area contributed by atoms with Crippen LogP contribution in [-0.4, -0.2) is 61.9 Å². The molecule has 1 rings (SSSR count). The van der Waals surface area contributed by atoms with E-state index in [9.17, 15) is 14.0 Å². The lowest BCUT2D eigenvalue weighted by molar-refractivity contribution is -0.128. The minimum atomic E-state index is -0.375.